The highest BCUT2D eigenvalue weighted by Crippen LogP contribution is 2.47. The minimum Gasteiger partial charge on any atom is -0.389 e. The molecule has 1 fully saturated rings. The zero-order valence-corrected chi connectivity index (χ0v) is 11.2. The average molecular weight is 212 g/mol. The van der Waals surface area contributed by atoms with Crippen molar-refractivity contribution >= 4 is 0 Å². The lowest BCUT2D eigenvalue weighted by atomic mass is 9.62. The summed E-state index contributed by atoms with van der Waals surface area (Å²) in [4.78, 5) is 0. The Kier molecular flexibility index (Phi) is 3.55. The Morgan fingerprint density at radius 2 is 1.40 bits per heavy atom. The lowest BCUT2D eigenvalue weighted by Crippen LogP contribution is -2.47. The summed E-state index contributed by atoms with van der Waals surface area (Å²) in [5.41, 5.74) is -0.0686. The maximum Gasteiger partial charge on any atom is 0.0698 e. The number of hydrogen-bond acceptors (Lipinski definition) is 1. The van der Waals surface area contributed by atoms with Crippen LogP contribution in [0.2, 0.25) is 0 Å². The molecule has 90 valence electrons. The van der Waals surface area contributed by atoms with E-state index < -0.39 is 5.60 Å². The molecule has 1 saturated carbocycles. The van der Waals surface area contributed by atoms with E-state index in [0.717, 1.165) is 19.3 Å². The third-order valence-electron chi connectivity index (χ3n) is 3.91. The topological polar surface area (TPSA) is 20.2 Å². The van der Waals surface area contributed by atoms with Gasteiger partial charge >= 0.3 is 0 Å². The molecule has 1 aliphatic rings. The van der Waals surface area contributed by atoms with Gasteiger partial charge in [0, 0.05) is 0 Å². The third-order valence-corrected chi connectivity index (χ3v) is 3.91. The first-order valence-corrected chi connectivity index (χ1v) is 6.39. The first kappa shape index (κ1) is 13.0. The lowest BCUT2D eigenvalue weighted by molar-refractivity contribution is -0.108. The Morgan fingerprint density at radius 3 is 1.80 bits per heavy atom. The van der Waals surface area contributed by atoms with Crippen molar-refractivity contribution in [1.29, 1.82) is 0 Å². The summed E-state index contributed by atoms with van der Waals surface area (Å²) >= 11 is 0. The molecule has 0 bridgehead atoms. The SMILES string of the molecule is CC(C)(C)CC(C)(C)C1(O)CCCCC1. The normalized spacial score (nSPS) is 22.8. The van der Waals surface area contributed by atoms with Gasteiger partial charge in [0.15, 0.2) is 0 Å². The quantitative estimate of drug-likeness (QED) is 0.729. The van der Waals surface area contributed by atoms with Gasteiger partial charge in [0.1, 0.15) is 0 Å². The summed E-state index contributed by atoms with van der Waals surface area (Å²) in [5.74, 6) is 0. The van der Waals surface area contributed by atoms with E-state index in [1.807, 2.05) is 0 Å². The Morgan fingerprint density at radius 1 is 0.933 bits per heavy atom. The minimum absolute atomic E-state index is 0.0473. The van der Waals surface area contributed by atoms with Crippen molar-refractivity contribution in [2.24, 2.45) is 10.8 Å². The number of aliphatic hydroxyl groups is 1. The van der Waals surface area contributed by atoms with Crippen molar-refractivity contribution in [3.63, 3.8) is 0 Å². The van der Waals surface area contributed by atoms with Crippen LogP contribution in [0.25, 0.3) is 0 Å². The molecule has 0 spiro atoms. The van der Waals surface area contributed by atoms with Crippen LogP contribution in [0.15, 0.2) is 0 Å². The molecule has 1 nitrogen and oxygen atoms in total. The van der Waals surface area contributed by atoms with E-state index in [-0.39, 0.29) is 5.41 Å². The molecule has 0 aliphatic heterocycles. The fraction of sp³-hybridized carbons (Fsp3) is 1.00. The van der Waals surface area contributed by atoms with Crippen LogP contribution in [0.5, 0.6) is 0 Å². The molecule has 0 aromatic carbocycles. The highest BCUT2D eigenvalue weighted by Gasteiger charge is 2.45. The van der Waals surface area contributed by atoms with Crippen molar-refractivity contribution in [2.75, 3.05) is 0 Å². The van der Waals surface area contributed by atoms with E-state index in [2.05, 4.69) is 34.6 Å². The zero-order chi connectivity index (χ0) is 11.7. The van der Waals surface area contributed by atoms with Crippen molar-refractivity contribution in [2.45, 2.75) is 78.7 Å². The number of hydrogen-bond donors (Lipinski definition) is 1. The zero-order valence-electron chi connectivity index (χ0n) is 11.2. The van der Waals surface area contributed by atoms with Crippen LogP contribution >= 0.6 is 0 Å². The second-order valence-electron chi connectivity index (χ2n) is 7.21. The van der Waals surface area contributed by atoms with Gasteiger partial charge in [-0.25, -0.2) is 0 Å². The Labute approximate surface area is 95.3 Å². The molecule has 1 aliphatic carbocycles. The van der Waals surface area contributed by atoms with E-state index in [4.69, 9.17) is 0 Å². The third kappa shape index (κ3) is 3.21. The van der Waals surface area contributed by atoms with Gasteiger partial charge < -0.3 is 5.11 Å². The highest BCUT2D eigenvalue weighted by atomic mass is 16.3. The van der Waals surface area contributed by atoms with Gasteiger partial charge in [0.2, 0.25) is 0 Å². The first-order valence-electron chi connectivity index (χ1n) is 6.39. The van der Waals surface area contributed by atoms with Gasteiger partial charge in [-0.15, -0.1) is 0 Å². The molecule has 0 atom stereocenters. The van der Waals surface area contributed by atoms with E-state index in [1.165, 1.54) is 19.3 Å². The van der Waals surface area contributed by atoms with Gasteiger partial charge in [-0.3, -0.25) is 0 Å². The first-order chi connectivity index (χ1) is 6.66. The van der Waals surface area contributed by atoms with Crippen molar-refractivity contribution in [3.05, 3.63) is 0 Å². The maximum absolute atomic E-state index is 10.8. The maximum atomic E-state index is 10.8. The second-order valence-corrected chi connectivity index (χ2v) is 7.21. The molecular weight excluding hydrogens is 184 g/mol. The Balaban J connectivity index is 2.74. The predicted octanol–water partition coefficient (Wildman–Crippen LogP) is 4.14. The Bertz CT molecular complexity index is 204. The minimum atomic E-state index is -0.418. The average Bonchev–Trinajstić information content (AvgIpc) is 2.00. The van der Waals surface area contributed by atoms with Gasteiger partial charge in [-0.2, -0.15) is 0 Å². The van der Waals surface area contributed by atoms with E-state index in [0.29, 0.717) is 5.41 Å². The van der Waals surface area contributed by atoms with Gasteiger partial charge in [-0.05, 0) is 30.1 Å². The fourth-order valence-corrected chi connectivity index (χ4v) is 3.30. The largest absolute Gasteiger partial charge is 0.389 e. The van der Waals surface area contributed by atoms with Gasteiger partial charge in [-0.1, -0.05) is 53.9 Å². The summed E-state index contributed by atoms with van der Waals surface area (Å²) in [6.07, 6.45) is 6.78. The predicted molar refractivity (Wildman–Crippen MR) is 65.9 cm³/mol. The van der Waals surface area contributed by atoms with Crippen molar-refractivity contribution < 1.29 is 5.11 Å². The molecule has 1 heteroatoms. The van der Waals surface area contributed by atoms with E-state index in [1.54, 1.807) is 0 Å². The Hall–Kier alpha value is -0.0400. The van der Waals surface area contributed by atoms with Gasteiger partial charge in [0.25, 0.3) is 0 Å². The number of rotatable bonds is 2. The monoisotopic (exact) mass is 212 g/mol. The van der Waals surface area contributed by atoms with Crippen LogP contribution < -0.4 is 0 Å². The molecule has 0 unspecified atom stereocenters. The van der Waals surface area contributed by atoms with Crippen molar-refractivity contribution in [1.82, 2.24) is 0 Å². The second kappa shape index (κ2) is 4.08. The molecule has 0 heterocycles. The van der Waals surface area contributed by atoms with Crippen LogP contribution in [0.1, 0.15) is 73.1 Å². The molecule has 0 radical (unpaired) electrons. The molecule has 1 rings (SSSR count). The smallest absolute Gasteiger partial charge is 0.0698 e. The summed E-state index contributed by atoms with van der Waals surface area (Å²) < 4.78 is 0. The lowest BCUT2D eigenvalue weighted by Gasteiger charge is -2.48. The van der Waals surface area contributed by atoms with E-state index in [9.17, 15) is 5.11 Å². The van der Waals surface area contributed by atoms with Crippen molar-refractivity contribution in [3.8, 4) is 0 Å². The summed E-state index contributed by atoms with van der Waals surface area (Å²) in [5, 5.41) is 10.8. The molecule has 0 aromatic rings. The van der Waals surface area contributed by atoms with Crippen LogP contribution in [0.3, 0.4) is 0 Å². The molecule has 0 saturated heterocycles. The van der Waals surface area contributed by atoms with Crippen LogP contribution in [0.4, 0.5) is 0 Å². The highest BCUT2D eigenvalue weighted by molar-refractivity contribution is 4.96. The molecule has 0 aromatic heterocycles. The molecule has 0 amide bonds. The summed E-state index contributed by atoms with van der Waals surface area (Å²) in [6.45, 7) is 11.3. The van der Waals surface area contributed by atoms with E-state index >= 15 is 0 Å². The van der Waals surface area contributed by atoms with Crippen LogP contribution in [-0.4, -0.2) is 10.7 Å². The van der Waals surface area contributed by atoms with Crippen LogP contribution in [-0.2, 0) is 0 Å². The molecule has 1 N–H and O–H groups in total. The fourth-order valence-electron chi connectivity index (χ4n) is 3.30. The standard InChI is InChI=1S/C14H28O/c1-12(2,3)11-13(4,5)14(15)9-7-6-8-10-14/h15H,6-11H2,1-5H3. The summed E-state index contributed by atoms with van der Waals surface area (Å²) in [6, 6.07) is 0. The van der Waals surface area contributed by atoms with Crippen LogP contribution in [0, 0.1) is 10.8 Å². The molecular formula is C14H28O. The van der Waals surface area contributed by atoms with Gasteiger partial charge in [0.05, 0.1) is 5.60 Å². The summed E-state index contributed by atoms with van der Waals surface area (Å²) in [7, 11) is 0. The molecule has 15 heavy (non-hydrogen) atoms.